The van der Waals surface area contributed by atoms with Crippen molar-refractivity contribution in [3.8, 4) is 0 Å². The van der Waals surface area contributed by atoms with Gasteiger partial charge in [0.2, 0.25) is 15.9 Å². The van der Waals surface area contributed by atoms with Crippen molar-refractivity contribution in [2.75, 3.05) is 6.54 Å². The number of sulfonamides is 1. The lowest BCUT2D eigenvalue weighted by molar-refractivity contribution is -0.133. The molecule has 0 fully saturated rings. The fraction of sp³-hybridized carbons (Fsp3) is 0.208. The number of benzene rings is 3. The molecular formula is C24H23BrN2O3S. The Kier molecular flexibility index (Phi) is 6.55. The standard InChI is InChI=1S/C24H23BrN2O3S/c25-21-10-12-22(13-11-21)31(29,30)26-23(16-18-6-2-1-3-7-18)24(28)27-15-14-19-8-4-5-9-20(19)17-27/h1-13,23,26H,14-17H2/t23-/m0/s1. The zero-order chi connectivity index (χ0) is 21.8. The monoisotopic (exact) mass is 498 g/mol. The van der Waals surface area contributed by atoms with Crippen LogP contribution >= 0.6 is 15.9 Å². The molecule has 3 aromatic rings. The zero-order valence-electron chi connectivity index (χ0n) is 16.9. The van der Waals surface area contributed by atoms with Crippen LogP contribution in [0.5, 0.6) is 0 Å². The number of halogens is 1. The first-order chi connectivity index (χ1) is 14.9. The van der Waals surface area contributed by atoms with E-state index in [9.17, 15) is 13.2 Å². The Morgan fingerprint density at radius 1 is 0.935 bits per heavy atom. The van der Waals surface area contributed by atoms with E-state index in [-0.39, 0.29) is 17.2 Å². The summed E-state index contributed by atoms with van der Waals surface area (Å²) in [5.41, 5.74) is 3.25. The molecule has 0 aromatic heterocycles. The van der Waals surface area contributed by atoms with Gasteiger partial charge in [-0.05, 0) is 53.8 Å². The minimum atomic E-state index is -3.86. The molecule has 0 aliphatic carbocycles. The summed E-state index contributed by atoms with van der Waals surface area (Å²) in [7, 11) is -3.86. The molecule has 4 rings (SSSR count). The van der Waals surface area contributed by atoms with Gasteiger partial charge in [0, 0.05) is 17.6 Å². The average molecular weight is 499 g/mol. The second-order valence-electron chi connectivity index (χ2n) is 7.60. The van der Waals surface area contributed by atoms with Gasteiger partial charge in [-0.15, -0.1) is 0 Å². The molecule has 7 heteroatoms. The van der Waals surface area contributed by atoms with E-state index in [4.69, 9.17) is 0 Å². The number of fused-ring (bicyclic) bond motifs is 1. The van der Waals surface area contributed by atoms with Crippen LogP contribution in [0.2, 0.25) is 0 Å². The lowest BCUT2D eigenvalue weighted by Crippen LogP contribution is -2.50. The molecular weight excluding hydrogens is 476 g/mol. The van der Waals surface area contributed by atoms with Crippen LogP contribution in [0.4, 0.5) is 0 Å². The maximum atomic E-state index is 13.5. The Morgan fingerprint density at radius 2 is 1.58 bits per heavy atom. The third-order valence-corrected chi connectivity index (χ3v) is 7.46. The Bertz CT molecular complexity index is 1160. The molecule has 3 aromatic carbocycles. The summed E-state index contributed by atoms with van der Waals surface area (Å²) < 4.78 is 29.5. The van der Waals surface area contributed by atoms with Crippen molar-refractivity contribution >= 4 is 31.9 Å². The van der Waals surface area contributed by atoms with Gasteiger partial charge in [0.05, 0.1) is 4.90 Å². The van der Waals surface area contributed by atoms with E-state index < -0.39 is 16.1 Å². The van der Waals surface area contributed by atoms with E-state index in [2.05, 4.69) is 26.7 Å². The molecule has 5 nitrogen and oxygen atoms in total. The van der Waals surface area contributed by atoms with Crippen molar-refractivity contribution < 1.29 is 13.2 Å². The van der Waals surface area contributed by atoms with Crippen LogP contribution < -0.4 is 4.72 Å². The van der Waals surface area contributed by atoms with Crippen LogP contribution in [0, 0.1) is 0 Å². The smallest absolute Gasteiger partial charge is 0.241 e. The van der Waals surface area contributed by atoms with Crippen molar-refractivity contribution in [1.82, 2.24) is 9.62 Å². The summed E-state index contributed by atoms with van der Waals surface area (Å²) in [6.45, 7) is 1.06. The highest BCUT2D eigenvalue weighted by molar-refractivity contribution is 9.10. The molecule has 1 amide bonds. The first-order valence-corrected chi connectivity index (χ1v) is 12.4. The number of rotatable bonds is 6. The van der Waals surface area contributed by atoms with Crippen LogP contribution in [0.1, 0.15) is 16.7 Å². The first kappa shape index (κ1) is 21.7. The number of amides is 1. The van der Waals surface area contributed by atoms with Crippen LogP contribution in [0.15, 0.2) is 88.2 Å². The maximum Gasteiger partial charge on any atom is 0.241 e. The van der Waals surface area contributed by atoms with E-state index in [1.807, 2.05) is 48.5 Å². The van der Waals surface area contributed by atoms with E-state index in [0.29, 0.717) is 13.1 Å². The molecule has 0 saturated heterocycles. The van der Waals surface area contributed by atoms with Crippen molar-refractivity contribution in [3.05, 3.63) is 100 Å². The number of nitrogens with zero attached hydrogens (tertiary/aromatic N) is 1. The summed E-state index contributed by atoms with van der Waals surface area (Å²) >= 11 is 3.32. The molecule has 0 unspecified atom stereocenters. The fourth-order valence-corrected chi connectivity index (χ4v) is 5.26. The molecule has 1 aliphatic rings. The van der Waals surface area contributed by atoms with Crippen LogP contribution in [-0.2, 0) is 34.2 Å². The zero-order valence-corrected chi connectivity index (χ0v) is 19.3. The highest BCUT2D eigenvalue weighted by Crippen LogP contribution is 2.21. The van der Waals surface area contributed by atoms with Gasteiger partial charge in [-0.1, -0.05) is 70.5 Å². The van der Waals surface area contributed by atoms with Crippen molar-refractivity contribution in [3.63, 3.8) is 0 Å². The van der Waals surface area contributed by atoms with Gasteiger partial charge in [0.25, 0.3) is 0 Å². The number of hydrogen-bond acceptors (Lipinski definition) is 3. The van der Waals surface area contributed by atoms with Gasteiger partial charge in [-0.3, -0.25) is 4.79 Å². The lowest BCUT2D eigenvalue weighted by Gasteiger charge is -2.32. The molecule has 0 bridgehead atoms. The van der Waals surface area contributed by atoms with E-state index in [1.165, 1.54) is 17.7 Å². The summed E-state index contributed by atoms with van der Waals surface area (Å²) in [6, 6.07) is 23.0. The molecule has 0 spiro atoms. The number of nitrogens with one attached hydrogen (secondary N) is 1. The molecule has 1 aliphatic heterocycles. The predicted molar refractivity (Wildman–Crippen MR) is 124 cm³/mol. The van der Waals surface area contributed by atoms with Crippen molar-refractivity contribution in [1.29, 1.82) is 0 Å². The normalized spacial score (nSPS) is 14.7. The summed E-state index contributed by atoms with van der Waals surface area (Å²) in [4.78, 5) is 15.3. The van der Waals surface area contributed by atoms with Crippen LogP contribution in [-0.4, -0.2) is 31.8 Å². The second-order valence-corrected chi connectivity index (χ2v) is 10.2. The summed E-state index contributed by atoms with van der Waals surface area (Å²) in [5.74, 6) is -0.209. The molecule has 0 saturated carbocycles. The quantitative estimate of drug-likeness (QED) is 0.559. The minimum absolute atomic E-state index is 0.130. The van der Waals surface area contributed by atoms with Gasteiger partial charge >= 0.3 is 0 Å². The van der Waals surface area contributed by atoms with Crippen LogP contribution in [0.3, 0.4) is 0 Å². The van der Waals surface area contributed by atoms with E-state index >= 15 is 0 Å². The molecule has 0 radical (unpaired) electrons. The molecule has 31 heavy (non-hydrogen) atoms. The Morgan fingerprint density at radius 3 is 2.29 bits per heavy atom. The van der Waals surface area contributed by atoms with Gasteiger partial charge in [-0.25, -0.2) is 8.42 Å². The molecule has 1 atom stereocenters. The van der Waals surface area contributed by atoms with Gasteiger partial charge in [-0.2, -0.15) is 4.72 Å². The largest absolute Gasteiger partial charge is 0.337 e. The third kappa shape index (κ3) is 5.23. The summed E-state index contributed by atoms with van der Waals surface area (Å²) in [6.07, 6.45) is 1.05. The predicted octanol–water partition coefficient (Wildman–Crippen LogP) is 3.92. The topological polar surface area (TPSA) is 66.5 Å². The number of carbonyl (C=O) groups excluding carboxylic acids is 1. The van der Waals surface area contributed by atoms with Crippen molar-refractivity contribution in [2.24, 2.45) is 0 Å². The van der Waals surface area contributed by atoms with Crippen LogP contribution in [0.25, 0.3) is 0 Å². The average Bonchev–Trinajstić information content (AvgIpc) is 2.78. The molecule has 1 N–H and O–H groups in total. The molecule has 160 valence electrons. The lowest BCUT2D eigenvalue weighted by atomic mass is 9.98. The SMILES string of the molecule is O=C([C@H](Cc1ccccc1)NS(=O)(=O)c1ccc(Br)cc1)N1CCc2ccccc2C1. The summed E-state index contributed by atoms with van der Waals surface area (Å²) in [5, 5.41) is 0. The second kappa shape index (κ2) is 9.34. The number of hydrogen-bond donors (Lipinski definition) is 1. The van der Waals surface area contributed by atoms with E-state index in [0.717, 1.165) is 22.0 Å². The van der Waals surface area contributed by atoms with Gasteiger partial charge < -0.3 is 4.90 Å². The van der Waals surface area contributed by atoms with Gasteiger partial charge in [0.1, 0.15) is 6.04 Å². The first-order valence-electron chi connectivity index (χ1n) is 10.1. The van der Waals surface area contributed by atoms with E-state index in [1.54, 1.807) is 17.0 Å². The van der Waals surface area contributed by atoms with Crippen molar-refractivity contribution in [2.45, 2.75) is 30.3 Å². The Labute approximate surface area is 191 Å². The molecule has 1 heterocycles. The third-order valence-electron chi connectivity index (χ3n) is 5.44. The maximum absolute atomic E-state index is 13.5. The Balaban J connectivity index is 1.60. The Hall–Kier alpha value is -2.48. The highest BCUT2D eigenvalue weighted by atomic mass is 79.9. The van der Waals surface area contributed by atoms with Gasteiger partial charge in [0.15, 0.2) is 0 Å². The minimum Gasteiger partial charge on any atom is -0.337 e. The highest BCUT2D eigenvalue weighted by Gasteiger charge is 2.31. The fourth-order valence-electron chi connectivity index (χ4n) is 3.80. The number of carbonyl (C=O) groups is 1.